The molecule has 2 N–H and O–H groups in total. The van der Waals surface area contributed by atoms with Crippen molar-refractivity contribution in [3.05, 3.63) is 0 Å². The fourth-order valence-corrected chi connectivity index (χ4v) is 2.19. The van der Waals surface area contributed by atoms with E-state index in [-0.39, 0.29) is 12.7 Å². The maximum absolute atomic E-state index is 9.58. The molecule has 6 nitrogen and oxygen atoms in total. The minimum Gasteiger partial charge on any atom is -0.394 e. The van der Waals surface area contributed by atoms with Crippen molar-refractivity contribution < 1.29 is 29.2 Å². The van der Waals surface area contributed by atoms with Gasteiger partial charge in [0.1, 0.15) is 24.4 Å². The van der Waals surface area contributed by atoms with Crippen molar-refractivity contribution >= 4 is 0 Å². The van der Waals surface area contributed by atoms with Gasteiger partial charge in [-0.25, -0.2) is 0 Å². The third-order valence-corrected chi connectivity index (χ3v) is 2.87. The number of aliphatic hydroxyl groups is 2. The van der Waals surface area contributed by atoms with Crippen LogP contribution in [0.15, 0.2) is 0 Å². The van der Waals surface area contributed by atoms with E-state index < -0.39 is 30.4 Å². The van der Waals surface area contributed by atoms with Gasteiger partial charge in [-0.05, 0) is 13.8 Å². The lowest BCUT2D eigenvalue weighted by Gasteiger charge is -2.26. The summed E-state index contributed by atoms with van der Waals surface area (Å²) in [5, 5.41) is 18.5. The molecule has 2 rings (SSSR count). The van der Waals surface area contributed by atoms with Crippen LogP contribution in [0.25, 0.3) is 0 Å². The van der Waals surface area contributed by atoms with Gasteiger partial charge in [0.25, 0.3) is 0 Å². The number of hydrogen-bond donors (Lipinski definition) is 2. The number of ether oxygens (including phenoxy) is 4. The van der Waals surface area contributed by atoms with Crippen LogP contribution in [0, 0.1) is 0 Å². The zero-order valence-electron chi connectivity index (χ0n) is 9.62. The van der Waals surface area contributed by atoms with Gasteiger partial charge in [0.2, 0.25) is 0 Å². The van der Waals surface area contributed by atoms with Gasteiger partial charge in [0, 0.05) is 7.11 Å². The summed E-state index contributed by atoms with van der Waals surface area (Å²) in [7, 11) is 1.52. The smallest absolute Gasteiger partial charge is 0.190 e. The van der Waals surface area contributed by atoms with Crippen molar-refractivity contribution in [2.75, 3.05) is 13.7 Å². The van der Waals surface area contributed by atoms with Crippen LogP contribution < -0.4 is 0 Å². The van der Waals surface area contributed by atoms with Crippen molar-refractivity contribution in [1.82, 2.24) is 0 Å². The molecule has 0 aromatic rings. The molecule has 1 unspecified atom stereocenters. The summed E-state index contributed by atoms with van der Waals surface area (Å²) >= 11 is 0. The Morgan fingerprint density at radius 2 is 2.06 bits per heavy atom. The molecule has 6 heteroatoms. The Labute approximate surface area is 94.1 Å². The Morgan fingerprint density at radius 3 is 2.62 bits per heavy atom. The molecular weight excluding hydrogens is 216 g/mol. The second kappa shape index (κ2) is 4.21. The quantitative estimate of drug-likeness (QED) is 0.668. The number of aliphatic hydroxyl groups excluding tert-OH is 2. The molecule has 0 bridgehead atoms. The highest BCUT2D eigenvalue weighted by Gasteiger charge is 2.56. The maximum atomic E-state index is 9.58. The standard InChI is InChI=1S/C10H18O6/c1-10(2)15-8-7(13-3)6(5(12)4-11)14-9(8)16-10/h5-9,11-12H,4H2,1-3H3/t5?,6-,7+,8-,9-/m1/s1. The van der Waals surface area contributed by atoms with Gasteiger partial charge < -0.3 is 29.2 Å². The number of hydrogen-bond acceptors (Lipinski definition) is 6. The average molecular weight is 234 g/mol. The normalized spacial score (nSPS) is 43.3. The Balaban J connectivity index is 2.09. The van der Waals surface area contributed by atoms with Crippen LogP contribution in [0.4, 0.5) is 0 Å². The summed E-state index contributed by atoms with van der Waals surface area (Å²) in [5.41, 5.74) is 0. The third kappa shape index (κ3) is 1.97. The summed E-state index contributed by atoms with van der Waals surface area (Å²) in [5.74, 6) is -0.707. The molecule has 0 amide bonds. The van der Waals surface area contributed by atoms with E-state index in [0.29, 0.717) is 0 Å². The number of rotatable bonds is 3. The summed E-state index contributed by atoms with van der Waals surface area (Å²) in [6.45, 7) is 3.20. The van der Waals surface area contributed by atoms with Gasteiger partial charge >= 0.3 is 0 Å². The first-order chi connectivity index (χ1) is 7.48. The van der Waals surface area contributed by atoms with Crippen LogP contribution in [-0.2, 0) is 18.9 Å². The lowest BCUT2D eigenvalue weighted by molar-refractivity contribution is -0.229. The second-order valence-electron chi connectivity index (χ2n) is 4.52. The van der Waals surface area contributed by atoms with E-state index in [1.807, 2.05) is 0 Å². The molecule has 2 fully saturated rings. The van der Waals surface area contributed by atoms with Crippen molar-refractivity contribution in [2.24, 2.45) is 0 Å². The minimum atomic E-state index is -0.995. The van der Waals surface area contributed by atoms with Crippen LogP contribution in [-0.4, -0.2) is 60.4 Å². The third-order valence-electron chi connectivity index (χ3n) is 2.87. The van der Waals surface area contributed by atoms with E-state index in [4.69, 9.17) is 24.1 Å². The van der Waals surface area contributed by atoms with Gasteiger partial charge in [0.15, 0.2) is 12.1 Å². The predicted octanol–water partition coefficient (Wildman–Crippen LogP) is -0.769. The maximum Gasteiger partial charge on any atom is 0.190 e. The number of fused-ring (bicyclic) bond motifs is 1. The van der Waals surface area contributed by atoms with E-state index in [9.17, 15) is 5.11 Å². The Morgan fingerprint density at radius 1 is 1.38 bits per heavy atom. The predicted molar refractivity (Wildman–Crippen MR) is 52.6 cm³/mol. The fourth-order valence-electron chi connectivity index (χ4n) is 2.19. The SMILES string of the molecule is CO[C@@H]1[C@H]2OC(C)(C)O[C@H]2O[C@@H]1C(O)CO. The zero-order chi connectivity index (χ0) is 11.9. The molecule has 0 aliphatic carbocycles. The van der Waals surface area contributed by atoms with E-state index in [1.165, 1.54) is 7.11 Å². The van der Waals surface area contributed by atoms with Gasteiger partial charge in [-0.1, -0.05) is 0 Å². The Bertz CT molecular complexity index is 256. The van der Waals surface area contributed by atoms with Crippen molar-refractivity contribution in [3.63, 3.8) is 0 Å². The molecule has 0 saturated carbocycles. The second-order valence-corrected chi connectivity index (χ2v) is 4.52. The zero-order valence-corrected chi connectivity index (χ0v) is 9.62. The summed E-state index contributed by atoms with van der Waals surface area (Å²) in [6.07, 6.45) is -2.97. The van der Waals surface area contributed by atoms with Crippen molar-refractivity contribution in [3.8, 4) is 0 Å². The minimum absolute atomic E-state index is 0.369. The first-order valence-electron chi connectivity index (χ1n) is 5.31. The van der Waals surface area contributed by atoms with Gasteiger partial charge in [-0.3, -0.25) is 0 Å². The molecule has 0 spiro atoms. The largest absolute Gasteiger partial charge is 0.394 e. The van der Waals surface area contributed by atoms with Crippen molar-refractivity contribution in [1.29, 1.82) is 0 Å². The lowest BCUT2D eigenvalue weighted by atomic mass is 10.1. The highest BCUT2D eigenvalue weighted by atomic mass is 16.8. The molecular formula is C10H18O6. The van der Waals surface area contributed by atoms with E-state index in [1.54, 1.807) is 13.8 Å². The van der Waals surface area contributed by atoms with Gasteiger partial charge in [-0.2, -0.15) is 0 Å². The first kappa shape index (κ1) is 12.2. The topological polar surface area (TPSA) is 77.4 Å². The van der Waals surface area contributed by atoms with Crippen LogP contribution in [0.3, 0.4) is 0 Å². The molecule has 2 heterocycles. The fraction of sp³-hybridized carbons (Fsp3) is 1.00. The van der Waals surface area contributed by atoms with Crippen LogP contribution in [0.2, 0.25) is 0 Å². The molecule has 0 aromatic heterocycles. The Kier molecular flexibility index (Phi) is 3.22. The molecule has 94 valence electrons. The lowest BCUT2D eigenvalue weighted by Crippen LogP contribution is -2.43. The van der Waals surface area contributed by atoms with Gasteiger partial charge in [-0.15, -0.1) is 0 Å². The van der Waals surface area contributed by atoms with E-state index in [2.05, 4.69) is 0 Å². The first-order valence-corrected chi connectivity index (χ1v) is 5.31. The summed E-state index contributed by atoms with van der Waals surface area (Å²) in [4.78, 5) is 0. The molecule has 16 heavy (non-hydrogen) atoms. The summed E-state index contributed by atoms with van der Waals surface area (Å²) in [6, 6.07) is 0. The van der Waals surface area contributed by atoms with Crippen molar-refractivity contribution in [2.45, 2.75) is 50.3 Å². The number of methoxy groups -OCH3 is 1. The molecule has 2 aliphatic rings. The molecule has 0 radical (unpaired) electrons. The highest BCUT2D eigenvalue weighted by molar-refractivity contribution is 4.96. The van der Waals surface area contributed by atoms with Crippen LogP contribution >= 0.6 is 0 Å². The molecule has 0 aromatic carbocycles. The van der Waals surface area contributed by atoms with E-state index >= 15 is 0 Å². The van der Waals surface area contributed by atoms with E-state index in [0.717, 1.165) is 0 Å². The molecule has 2 saturated heterocycles. The van der Waals surface area contributed by atoms with Crippen LogP contribution in [0.5, 0.6) is 0 Å². The van der Waals surface area contributed by atoms with Crippen LogP contribution in [0.1, 0.15) is 13.8 Å². The highest BCUT2D eigenvalue weighted by Crippen LogP contribution is 2.39. The monoisotopic (exact) mass is 234 g/mol. The van der Waals surface area contributed by atoms with Gasteiger partial charge in [0.05, 0.1) is 6.61 Å². The summed E-state index contributed by atoms with van der Waals surface area (Å²) < 4.78 is 21.9. The molecule has 2 aliphatic heterocycles. The molecule has 5 atom stereocenters. The Hall–Kier alpha value is -0.240. The average Bonchev–Trinajstić information content (AvgIpc) is 2.68.